The second-order valence-corrected chi connectivity index (χ2v) is 19.7. The predicted octanol–water partition coefficient (Wildman–Crippen LogP) is 3.40. The average molecular weight is 547 g/mol. The lowest BCUT2D eigenvalue weighted by atomic mass is 10.1. The molecule has 0 saturated carbocycles. The van der Waals surface area contributed by atoms with Crippen LogP contribution in [0.5, 0.6) is 0 Å². The Balaban J connectivity index is 2.23. The standard InChI is InChI=1S/C23H39FN2O8Si2/c1-13(2)35(14(3)4)30-12-18-20(33-36(34-35,15(5)6)16(7)8)21(31-17(9)27)23(24,32-18)26-11-10-19(28)25-22(26)29/h10-11,13-16,18,20-21H,12H2,1-9H3,(H,25,28,29)/t18-,20-,21+,23+/m1/s1. The molecule has 4 atom stereocenters. The van der Waals surface area contributed by atoms with Crippen LogP contribution in [0.1, 0.15) is 62.3 Å². The zero-order chi connectivity index (χ0) is 27.2. The number of carbonyl (C=O) groups excluding carboxylic acids is 1. The fourth-order valence-corrected chi connectivity index (χ4v) is 16.5. The topological polar surface area (TPSA) is 118 Å². The number of rotatable bonds is 6. The molecule has 0 bridgehead atoms. The number of fused-ring (bicyclic) bond motifs is 1. The Morgan fingerprint density at radius 3 is 2.11 bits per heavy atom. The number of hydrogen-bond acceptors (Lipinski definition) is 8. The van der Waals surface area contributed by atoms with Crippen LogP contribution < -0.4 is 11.2 Å². The van der Waals surface area contributed by atoms with Crippen molar-refractivity contribution in [2.75, 3.05) is 6.61 Å². The lowest BCUT2D eigenvalue weighted by Crippen LogP contribution is -2.66. The molecule has 2 aliphatic rings. The molecule has 2 saturated heterocycles. The van der Waals surface area contributed by atoms with Crippen LogP contribution in [0.3, 0.4) is 0 Å². The van der Waals surface area contributed by atoms with Gasteiger partial charge in [-0.15, -0.1) is 0 Å². The van der Waals surface area contributed by atoms with Crippen molar-refractivity contribution in [3.63, 3.8) is 0 Å². The predicted molar refractivity (Wildman–Crippen MR) is 135 cm³/mol. The molecule has 2 fully saturated rings. The molecule has 0 amide bonds. The molecule has 10 nitrogen and oxygen atoms in total. The molecule has 0 spiro atoms. The number of alkyl halides is 1. The van der Waals surface area contributed by atoms with Crippen molar-refractivity contribution in [2.45, 2.75) is 109 Å². The number of halogens is 1. The summed E-state index contributed by atoms with van der Waals surface area (Å²) >= 11 is 0. The summed E-state index contributed by atoms with van der Waals surface area (Å²) in [5, 5.41) is 0. The zero-order valence-corrected chi connectivity index (χ0v) is 24.5. The highest BCUT2D eigenvalue weighted by atomic mass is 28.5. The molecule has 0 aliphatic carbocycles. The van der Waals surface area contributed by atoms with Gasteiger partial charge in [0.1, 0.15) is 12.2 Å². The van der Waals surface area contributed by atoms with E-state index < -0.39 is 58.6 Å². The van der Waals surface area contributed by atoms with E-state index in [1.54, 1.807) is 0 Å². The third-order valence-corrected chi connectivity index (χ3v) is 17.4. The van der Waals surface area contributed by atoms with Gasteiger partial charge in [-0.1, -0.05) is 55.4 Å². The van der Waals surface area contributed by atoms with Crippen LogP contribution in [0.2, 0.25) is 22.2 Å². The van der Waals surface area contributed by atoms with Gasteiger partial charge >= 0.3 is 34.8 Å². The molecular weight excluding hydrogens is 507 g/mol. The van der Waals surface area contributed by atoms with E-state index in [0.717, 1.165) is 19.2 Å². The molecule has 0 aromatic carbocycles. The molecule has 1 aromatic heterocycles. The highest BCUT2D eigenvalue weighted by Crippen LogP contribution is 2.50. The first-order valence-electron chi connectivity index (χ1n) is 12.5. The minimum atomic E-state index is -3.19. The molecule has 1 aromatic rings. The monoisotopic (exact) mass is 546 g/mol. The summed E-state index contributed by atoms with van der Waals surface area (Å²) in [7, 11) is -6.12. The quantitative estimate of drug-likeness (QED) is 0.426. The van der Waals surface area contributed by atoms with E-state index in [9.17, 15) is 14.4 Å². The first kappa shape index (κ1) is 28.9. The molecule has 0 unspecified atom stereocenters. The van der Waals surface area contributed by atoms with Crippen molar-refractivity contribution in [2.24, 2.45) is 0 Å². The Kier molecular flexibility index (Phi) is 8.24. The van der Waals surface area contributed by atoms with Crippen LogP contribution in [0.4, 0.5) is 4.39 Å². The van der Waals surface area contributed by atoms with Crippen molar-refractivity contribution in [3.8, 4) is 0 Å². The molecular formula is C23H39FN2O8Si2. The summed E-state index contributed by atoms with van der Waals surface area (Å²) in [5.41, 5.74) is -1.75. The summed E-state index contributed by atoms with van der Waals surface area (Å²) in [5.74, 6) is -3.71. The molecule has 36 heavy (non-hydrogen) atoms. The van der Waals surface area contributed by atoms with Crippen molar-refractivity contribution < 1.29 is 31.6 Å². The van der Waals surface area contributed by atoms with Crippen molar-refractivity contribution in [3.05, 3.63) is 33.1 Å². The average Bonchev–Trinajstić information content (AvgIpc) is 2.98. The van der Waals surface area contributed by atoms with Gasteiger partial charge in [0.25, 0.3) is 5.56 Å². The number of nitrogens with one attached hydrogen (secondary N) is 1. The van der Waals surface area contributed by atoms with Crippen LogP contribution in [0.15, 0.2) is 21.9 Å². The number of H-pyrrole nitrogens is 1. The Bertz CT molecular complexity index is 1060. The highest BCUT2D eigenvalue weighted by Gasteiger charge is 2.67. The number of hydrogen-bond donors (Lipinski definition) is 1. The van der Waals surface area contributed by atoms with E-state index in [-0.39, 0.29) is 28.8 Å². The lowest BCUT2D eigenvalue weighted by molar-refractivity contribution is -0.246. The Morgan fingerprint density at radius 2 is 1.64 bits per heavy atom. The van der Waals surface area contributed by atoms with Gasteiger partial charge in [0.05, 0.1) is 6.61 Å². The molecule has 2 aliphatic heterocycles. The van der Waals surface area contributed by atoms with E-state index in [0.29, 0.717) is 4.57 Å². The molecule has 3 heterocycles. The number of nitrogens with zero attached hydrogens (tertiary/aromatic N) is 1. The number of ether oxygens (including phenoxy) is 2. The Labute approximate surface area is 212 Å². The van der Waals surface area contributed by atoms with Crippen LogP contribution >= 0.6 is 0 Å². The largest absolute Gasteiger partial charge is 0.451 e. The summed E-state index contributed by atoms with van der Waals surface area (Å²) in [4.78, 5) is 38.4. The van der Waals surface area contributed by atoms with Crippen LogP contribution in [-0.4, -0.2) is 57.6 Å². The van der Waals surface area contributed by atoms with Gasteiger partial charge in [0.2, 0.25) is 6.10 Å². The number of esters is 1. The highest BCUT2D eigenvalue weighted by molar-refractivity contribution is 6.84. The van der Waals surface area contributed by atoms with Crippen LogP contribution in [-0.2, 0) is 33.2 Å². The fraction of sp³-hybridized carbons (Fsp3) is 0.783. The van der Waals surface area contributed by atoms with E-state index >= 15 is 4.39 Å². The lowest BCUT2D eigenvalue weighted by Gasteiger charge is -2.51. The van der Waals surface area contributed by atoms with Crippen molar-refractivity contribution in [1.82, 2.24) is 9.55 Å². The summed E-state index contributed by atoms with van der Waals surface area (Å²) in [6.07, 6.45) is -2.78. The van der Waals surface area contributed by atoms with Gasteiger partial charge in [0, 0.05) is 19.2 Å². The number of aromatic amines is 1. The first-order chi connectivity index (χ1) is 16.6. The van der Waals surface area contributed by atoms with Gasteiger partial charge in [-0.05, 0) is 22.2 Å². The number of aromatic nitrogens is 2. The second kappa shape index (κ2) is 10.3. The maximum atomic E-state index is 16.8. The summed E-state index contributed by atoms with van der Waals surface area (Å²) in [6.45, 7) is 17.3. The van der Waals surface area contributed by atoms with Gasteiger partial charge in [-0.3, -0.25) is 14.6 Å². The van der Waals surface area contributed by atoms with E-state index in [4.69, 9.17) is 22.4 Å². The van der Waals surface area contributed by atoms with Crippen LogP contribution in [0.25, 0.3) is 0 Å². The van der Waals surface area contributed by atoms with E-state index in [1.165, 1.54) is 0 Å². The maximum absolute atomic E-state index is 16.8. The third kappa shape index (κ3) is 4.81. The number of carbonyl (C=O) groups is 1. The smallest absolute Gasteiger partial charge is 0.338 e. The van der Waals surface area contributed by atoms with Gasteiger partial charge < -0.3 is 22.4 Å². The summed E-state index contributed by atoms with van der Waals surface area (Å²) in [6, 6.07) is 0.995. The maximum Gasteiger partial charge on any atom is 0.338 e. The third-order valence-electron chi connectivity index (χ3n) is 7.11. The van der Waals surface area contributed by atoms with E-state index in [2.05, 4.69) is 27.7 Å². The molecule has 1 N–H and O–H groups in total. The molecule has 13 heteroatoms. The SMILES string of the molecule is CC(=O)O[C@H]1[C@@H]2O[Si](C(C)C)(C(C)C)O[Si](C(C)C)(C(C)C)OC[C@H]2O[C@@]1(F)n1ccc(=O)[nH]c1=O. The van der Waals surface area contributed by atoms with Crippen molar-refractivity contribution in [1.29, 1.82) is 0 Å². The van der Waals surface area contributed by atoms with Crippen LogP contribution in [0, 0.1) is 0 Å². The van der Waals surface area contributed by atoms with Gasteiger partial charge in [-0.25, -0.2) is 9.36 Å². The molecule has 0 radical (unpaired) electrons. The fourth-order valence-electron chi connectivity index (χ4n) is 5.32. The first-order valence-corrected chi connectivity index (χ1v) is 16.4. The zero-order valence-electron chi connectivity index (χ0n) is 22.5. The van der Waals surface area contributed by atoms with Gasteiger partial charge in [0.15, 0.2) is 0 Å². The normalized spacial score (nSPS) is 29.9. The van der Waals surface area contributed by atoms with Crippen molar-refractivity contribution >= 4 is 23.1 Å². The Morgan fingerprint density at radius 1 is 1.08 bits per heavy atom. The van der Waals surface area contributed by atoms with Gasteiger partial charge in [-0.2, -0.15) is 4.39 Å². The molecule has 3 rings (SSSR count). The minimum absolute atomic E-state index is 0.0599. The minimum Gasteiger partial charge on any atom is -0.451 e. The Hall–Kier alpha value is -1.65. The van der Waals surface area contributed by atoms with E-state index in [1.807, 2.05) is 32.7 Å². The second-order valence-electron chi connectivity index (χ2n) is 10.8. The molecule has 204 valence electrons. The summed E-state index contributed by atoms with van der Waals surface area (Å²) < 4.78 is 49.2.